The number of rotatable bonds is 8. The fourth-order valence-electron chi connectivity index (χ4n) is 2.74. The van der Waals surface area contributed by atoms with Crippen molar-refractivity contribution < 1.29 is 24.0 Å². The molecule has 0 saturated carbocycles. The van der Waals surface area contributed by atoms with Crippen LogP contribution in [-0.2, 0) is 0 Å². The average molecular weight is 417 g/mol. The van der Waals surface area contributed by atoms with Crippen LogP contribution in [0.5, 0.6) is 11.5 Å². The number of carbonyl (C=O) groups excluding carboxylic acids is 2. The molecule has 0 saturated heterocycles. The summed E-state index contributed by atoms with van der Waals surface area (Å²) in [7, 11) is 0. The molecule has 0 N–H and O–H groups in total. The minimum Gasteiger partial charge on any atom is -0.493 e. The summed E-state index contributed by atoms with van der Waals surface area (Å²) in [5.41, 5.74) is 1.30. The van der Waals surface area contributed by atoms with Gasteiger partial charge in [-0.3, -0.25) is 14.9 Å². The highest BCUT2D eigenvalue weighted by Gasteiger charge is 2.12. The van der Waals surface area contributed by atoms with Crippen LogP contribution in [0.25, 0.3) is 6.08 Å². The lowest BCUT2D eigenvalue weighted by Gasteiger charge is -2.06. The molecule has 3 rings (SSSR count). The average Bonchev–Trinajstić information content (AvgIpc) is 2.79. The molecule has 0 spiro atoms. The summed E-state index contributed by atoms with van der Waals surface area (Å²) in [6.45, 7) is 2.42. The van der Waals surface area contributed by atoms with E-state index in [1.165, 1.54) is 42.5 Å². The molecule has 0 heterocycles. The SMILES string of the molecule is CCOc1ccccc1C=CC(=O)c1ccc(OC(=O)c2ccc([N+](=O)[O-])cc2)cc1. The summed E-state index contributed by atoms with van der Waals surface area (Å²) in [5.74, 6) is 0.0917. The number of esters is 1. The Bertz CT molecular complexity index is 1120. The summed E-state index contributed by atoms with van der Waals surface area (Å²) in [6.07, 6.45) is 3.14. The van der Waals surface area contributed by atoms with Crippen molar-refractivity contribution in [3.05, 3.63) is 106 Å². The zero-order valence-electron chi connectivity index (χ0n) is 16.7. The topological polar surface area (TPSA) is 95.7 Å². The molecule has 0 amide bonds. The van der Waals surface area contributed by atoms with Gasteiger partial charge < -0.3 is 9.47 Å². The van der Waals surface area contributed by atoms with Crippen molar-refractivity contribution in [3.8, 4) is 11.5 Å². The minimum atomic E-state index is -0.651. The van der Waals surface area contributed by atoms with E-state index in [9.17, 15) is 19.7 Å². The van der Waals surface area contributed by atoms with Crippen LogP contribution in [0.3, 0.4) is 0 Å². The third-order valence-electron chi connectivity index (χ3n) is 4.30. The number of nitro groups is 1. The molecule has 7 heteroatoms. The van der Waals surface area contributed by atoms with Crippen LogP contribution >= 0.6 is 0 Å². The van der Waals surface area contributed by atoms with Gasteiger partial charge in [-0.1, -0.05) is 18.2 Å². The number of carbonyl (C=O) groups is 2. The second-order valence-electron chi connectivity index (χ2n) is 6.39. The van der Waals surface area contributed by atoms with E-state index in [0.717, 1.165) is 5.56 Å². The molecular formula is C24H19NO6. The van der Waals surface area contributed by atoms with E-state index < -0.39 is 10.9 Å². The Hall–Kier alpha value is -4.26. The number of hydrogen-bond donors (Lipinski definition) is 0. The number of hydrogen-bond acceptors (Lipinski definition) is 6. The van der Waals surface area contributed by atoms with Crippen molar-refractivity contribution in [1.82, 2.24) is 0 Å². The zero-order chi connectivity index (χ0) is 22.2. The van der Waals surface area contributed by atoms with Gasteiger partial charge in [-0.25, -0.2) is 4.79 Å². The van der Waals surface area contributed by atoms with Crippen LogP contribution in [0.15, 0.2) is 78.9 Å². The van der Waals surface area contributed by atoms with Crippen molar-refractivity contribution in [2.24, 2.45) is 0 Å². The first-order valence-corrected chi connectivity index (χ1v) is 9.49. The Morgan fingerprint density at radius 1 is 0.935 bits per heavy atom. The molecule has 0 atom stereocenters. The Morgan fingerprint density at radius 3 is 2.23 bits per heavy atom. The van der Waals surface area contributed by atoms with Gasteiger partial charge >= 0.3 is 5.97 Å². The number of nitro benzene ring substituents is 1. The van der Waals surface area contributed by atoms with Gasteiger partial charge in [0.1, 0.15) is 11.5 Å². The lowest BCUT2D eigenvalue weighted by molar-refractivity contribution is -0.384. The monoisotopic (exact) mass is 417 g/mol. The quantitative estimate of drug-likeness (QED) is 0.126. The molecule has 0 aliphatic carbocycles. The highest BCUT2D eigenvalue weighted by Crippen LogP contribution is 2.21. The second-order valence-corrected chi connectivity index (χ2v) is 6.39. The van der Waals surface area contributed by atoms with Crippen LogP contribution in [-0.4, -0.2) is 23.3 Å². The summed E-state index contributed by atoms with van der Waals surface area (Å²) in [6, 6.07) is 18.7. The zero-order valence-corrected chi connectivity index (χ0v) is 16.7. The molecule has 3 aromatic carbocycles. The van der Waals surface area contributed by atoms with Gasteiger partial charge in [0, 0.05) is 23.3 Å². The van der Waals surface area contributed by atoms with Gasteiger partial charge in [0.2, 0.25) is 0 Å². The van der Waals surface area contributed by atoms with Crippen molar-refractivity contribution in [2.45, 2.75) is 6.92 Å². The highest BCUT2D eigenvalue weighted by molar-refractivity contribution is 6.07. The molecule has 156 valence electrons. The molecule has 0 aromatic heterocycles. The van der Waals surface area contributed by atoms with Crippen LogP contribution in [0.4, 0.5) is 5.69 Å². The van der Waals surface area contributed by atoms with Gasteiger partial charge in [0.05, 0.1) is 17.1 Å². The normalized spacial score (nSPS) is 10.6. The summed E-state index contributed by atoms with van der Waals surface area (Å²) in [5, 5.41) is 10.7. The van der Waals surface area contributed by atoms with E-state index >= 15 is 0 Å². The second kappa shape index (κ2) is 9.98. The van der Waals surface area contributed by atoms with Crippen LogP contribution in [0.1, 0.15) is 33.2 Å². The minimum absolute atomic E-state index is 0.114. The Labute approximate surface area is 178 Å². The van der Waals surface area contributed by atoms with Gasteiger partial charge in [-0.05, 0) is 61.5 Å². The predicted molar refractivity (Wildman–Crippen MR) is 115 cm³/mol. The summed E-state index contributed by atoms with van der Waals surface area (Å²) < 4.78 is 10.8. The first-order chi connectivity index (χ1) is 15.0. The van der Waals surface area contributed by atoms with Gasteiger partial charge in [0.25, 0.3) is 5.69 Å². The third kappa shape index (κ3) is 5.63. The van der Waals surface area contributed by atoms with E-state index in [1.807, 2.05) is 31.2 Å². The number of allylic oxidation sites excluding steroid dienone is 1. The van der Waals surface area contributed by atoms with Gasteiger partial charge in [0.15, 0.2) is 5.78 Å². The molecule has 31 heavy (non-hydrogen) atoms. The van der Waals surface area contributed by atoms with Crippen LogP contribution in [0, 0.1) is 10.1 Å². The lowest BCUT2D eigenvalue weighted by Crippen LogP contribution is -2.08. The molecule has 0 fully saturated rings. The fourth-order valence-corrected chi connectivity index (χ4v) is 2.74. The highest BCUT2D eigenvalue weighted by atomic mass is 16.6. The van der Waals surface area contributed by atoms with Crippen molar-refractivity contribution in [2.75, 3.05) is 6.61 Å². The predicted octanol–water partition coefficient (Wildman–Crippen LogP) is 5.11. The smallest absolute Gasteiger partial charge is 0.343 e. The first-order valence-electron chi connectivity index (χ1n) is 9.49. The summed E-state index contributed by atoms with van der Waals surface area (Å²) in [4.78, 5) is 34.8. The van der Waals surface area contributed by atoms with E-state index in [1.54, 1.807) is 18.2 Å². The number of benzene rings is 3. The van der Waals surface area contributed by atoms with Gasteiger partial charge in [-0.2, -0.15) is 0 Å². The first kappa shape index (κ1) is 21.4. The molecule has 0 aliphatic heterocycles. The standard InChI is InChI=1S/C24H19NO6/c1-2-30-23-6-4-3-5-18(23)11-16-22(26)17-9-14-21(15-10-17)31-24(27)19-7-12-20(13-8-19)25(28)29/h3-16H,2H2,1H3. The third-order valence-corrected chi connectivity index (χ3v) is 4.30. The Kier molecular flexibility index (Phi) is 6.90. The maximum Gasteiger partial charge on any atom is 0.343 e. The Balaban J connectivity index is 1.65. The maximum absolute atomic E-state index is 12.4. The molecule has 0 bridgehead atoms. The van der Waals surface area contributed by atoms with Crippen LogP contribution < -0.4 is 9.47 Å². The van der Waals surface area contributed by atoms with E-state index in [4.69, 9.17) is 9.47 Å². The largest absolute Gasteiger partial charge is 0.493 e. The number of ketones is 1. The molecule has 3 aromatic rings. The molecule has 0 unspecified atom stereocenters. The van der Waals surface area contributed by atoms with Crippen molar-refractivity contribution in [1.29, 1.82) is 0 Å². The van der Waals surface area contributed by atoms with Gasteiger partial charge in [-0.15, -0.1) is 0 Å². The maximum atomic E-state index is 12.4. The van der Waals surface area contributed by atoms with E-state index in [2.05, 4.69) is 0 Å². The molecule has 7 nitrogen and oxygen atoms in total. The Morgan fingerprint density at radius 2 is 1.58 bits per heavy atom. The molecule has 0 aliphatic rings. The summed E-state index contributed by atoms with van der Waals surface area (Å²) >= 11 is 0. The lowest BCUT2D eigenvalue weighted by atomic mass is 10.1. The molecule has 0 radical (unpaired) electrons. The van der Waals surface area contributed by atoms with E-state index in [0.29, 0.717) is 17.9 Å². The number of para-hydroxylation sites is 1. The number of nitrogens with zero attached hydrogens (tertiary/aromatic N) is 1. The fraction of sp³-hybridized carbons (Fsp3) is 0.0833. The van der Waals surface area contributed by atoms with Crippen LogP contribution in [0.2, 0.25) is 0 Å². The van der Waals surface area contributed by atoms with Crippen molar-refractivity contribution in [3.63, 3.8) is 0 Å². The number of ether oxygens (including phenoxy) is 2. The van der Waals surface area contributed by atoms with Crippen molar-refractivity contribution >= 4 is 23.5 Å². The van der Waals surface area contributed by atoms with E-state index in [-0.39, 0.29) is 22.8 Å². The molecular weight excluding hydrogens is 398 g/mol. The number of non-ortho nitro benzene ring substituents is 1.